The van der Waals surface area contributed by atoms with E-state index in [0.717, 1.165) is 4.88 Å². The topological polar surface area (TPSA) is 65.2 Å². The number of hydrogen-bond acceptors (Lipinski definition) is 6. The third kappa shape index (κ3) is 2.46. The number of aromatic nitrogens is 2. The largest absolute Gasteiger partial charge is 0.459 e. The Labute approximate surface area is 96.1 Å². The Balaban J connectivity index is 2.05. The Morgan fingerprint density at radius 2 is 2.44 bits per heavy atom. The molecule has 0 aromatic carbocycles. The number of nitrogens with zero attached hydrogens (tertiary/aromatic N) is 2. The molecule has 0 saturated heterocycles. The summed E-state index contributed by atoms with van der Waals surface area (Å²) in [6.45, 7) is 2.02. The van der Waals surface area contributed by atoms with Crippen LogP contribution in [0.2, 0.25) is 0 Å². The zero-order chi connectivity index (χ0) is 11.4. The molecule has 0 aliphatic heterocycles. The van der Waals surface area contributed by atoms with Crippen molar-refractivity contribution in [1.29, 1.82) is 0 Å². The summed E-state index contributed by atoms with van der Waals surface area (Å²) in [6, 6.07) is 3.92. The molecule has 2 rings (SSSR count). The second-order valence-electron chi connectivity index (χ2n) is 2.98. The van der Waals surface area contributed by atoms with Crippen LogP contribution >= 0.6 is 11.3 Å². The molecule has 0 fully saturated rings. The van der Waals surface area contributed by atoms with Crippen LogP contribution in [0, 0.1) is 0 Å². The van der Waals surface area contributed by atoms with Crippen molar-refractivity contribution < 1.29 is 13.9 Å². The van der Waals surface area contributed by atoms with Gasteiger partial charge in [-0.3, -0.25) is 0 Å². The van der Waals surface area contributed by atoms with Crippen LogP contribution in [0.15, 0.2) is 21.9 Å². The number of carbonyl (C=O) groups excluding carboxylic acids is 1. The van der Waals surface area contributed by atoms with E-state index in [2.05, 4.69) is 10.2 Å². The molecule has 0 aliphatic rings. The van der Waals surface area contributed by atoms with Gasteiger partial charge in [-0.05, 0) is 18.4 Å². The summed E-state index contributed by atoms with van der Waals surface area (Å²) < 4.78 is 9.93. The average molecular weight is 238 g/mol. The van der Waals surface area contributed by atoms with Gasteiger partial charge >= 0.3 is 11.9 Å². The van der Waals surface area contributed by atoms with Gasteiger partial charge in [-0.15, -0.1) is 21.5 Å². The maximum Gasteiger partial charge on any atom is 0.396 e. The fourth-order valence-electron chi connectivity index (χ4n) is 1.16. The van der Waals surface area contributed by atoms with E-state index in [1.165, 1.54) is 0 Å². The first kappa shape index (κ1) is 10.8. The molecule has 6 heteroatoms. The van der Waals surface area contributed by atoms with Gasteiger partial charge in [0, 0.05) is 4.88 Å². The molecule has 0 unspecified atom stereocenters. The summed E-state index contributed by atoms with van der Waals surface area (Å²) >= 11 is 1.60. The van der Waals surface area contributed by atoms with E-state index in [1.54, 1.807) is 18.3 Å². The van der Waals surface area contributed by atoms with Crippen LogP contribution in [0.5, 0.6) is 0 Å². The summed E-state index contributed by atoms with van der Waals surface area (Å²) in [7, 11) is 0. The summed E-state index contributed by atoms with van der Waals surface area (Å²) in [5.41, 5.74) is 0. The van der Waals surface area contributed by atoms with Crippen LogP contribution in [0.1, 0.15) is 28.4 Å². The Morgan fingerprint density at radius 3 is 3.12 bits per heavy atom. The van der Waals surface area contributed by atoms with Crippen molar-refractivity contribution in [2.75, 3.05) is 6.61 Å². The van der Waals surface area contributed by atoms with Crippen molar-refractivity contribution in [2.24, 2.45) is 0 Å². The number of hydrogen-bond donors (Lipinski definition) is 0. The number of thiophene rings is 1. The van der Waals surface area contributed by atoms with Gasteiger partial charge in [0.1, 0.15) is 0 Å². The highest BCUT2D eigenvalue weighted by Gasteiger charge is 2.15. The van der Waals surface area contributed by atoms with Crippen molar-refractivity contribution in [3.8, 4) is 0 Å². The number of ether oxygens (including phenoxy) is 1. The molecule has 16 heavy (non-hydrogen) atoms. The normalized spacial score (nSPS) is 10.3. The fourth-order valence-corrected chi connectivity index (χ4v) is 1.86. The molecule has 2 heterocycles. The maximum atomic E-state index is 11.2. The second-order valence-corrected chi connectivity index (χ2v) is 4.01. The summed E-state index contributed by atoms with van der Waals surface area (Å²) in [5, 5.41) is 9.38. The SMILES string of the molecule is CCOC(=O)c1nnc(Cc2cccs2)o1. The minimum Gasteiger partial charge on any atom is -0.459 e. The Bertz CT molecular complexity index is 464. The van der Waals surface area contributed by atoms with E-state index >= 15 is 0 Å². The van der Waals surface area contributed by atoms with Crippen molar-refractivity contribution in [1.82, 2.24) is 10.2 Å². The van der Waals surface area contributed by atoms with Gasteiger partial charge in [0.15, 0.2) is 0 Å². The van der Waals surface area contributed by atoms with Crippen molar-refractivity contribution in [3.63, 3.8) is 0 Å². The summed E-state index contributed by atoms with van der Waals surface area (Å²) in [4.78, 5) is 12.4. The molecule has 0 saturated carbocycles. The Morgan fingerprint density at radius 1 is 1.56 bits per heavy atom. The van der Waals surface area contributed by atoms with Crippen LogP contribution in [-0.2, 0) is 11.2 Å². The van der Waals surface area contributed by atoms with Gasteiger partial charge in [-0.2, -0.15) is 0 Å². The lowest BCUT2D eigenvalue weighted by molar-refractivity contribution is 0.0479. The molecular weight excluding hydrogens is 228 g/mol. The molecule has 2 aromatic rings. The van der Waals surface area contributed by atoms with E-state index in [-0.39, 0.29) is 5.89 Å². The molecule has 0 atom stereocenters. The minimum absolute atomic E-state index is 0.0894. The molecule has 5 nitrogen and oxygen atoms in total. The molecule has 0 aliphatic carbocycles. The third-order valence-corrected chi connectivity index (χ3v) is 2.70. The van der Waals surface area contributed by atoms with Gasteiger partial charge in [0.2, 0.25) is 5.89 Å². The second kappa shape index (κ2) is 4.89. The van der Waals surface area contributed by atoms with Gasteiger partial charge in [0.25, 0.3) is 0 Å². The van der Waals surface area contributed by atoms with E-state index in [9.17, 15) is 4.79 Å². The lowest BCUT2D eigenvalue weighted by Crippen LogP contribution is -2.04. The quantitative estimate of drug-likeness (QED) is 0.761. The molecular formula is C10H10N2O3S. The van der Waals surface area contributed by atoms with Crippen LogP contribution in [0.3, 0.4) is 0 Å². The lowest BCUT2D eigenvalue weighted by atomic mass is 10.3. The predicted molar refractivity (Wildman–Crippen MR) is 57.4 cm³/mol. The van der Waals surface area contributed by atoms with Crippen LogP contribution in [-0.4, -0.2) is 22.8 Å². The zero-order valence-corrected chi connectivity index (χ0v) is 9.49. The van der Waals surface area contributed by atoms with Crippen molar-refractivity contribution in [2.45, 2.75) is 13.3 Å². The summed E-state index contributed by atoms with van der Waals surface area (Å²) in [6.07, 6.45) is 0.546. The standard InChI is InChI=1S/C10H10N2O3S/c1-2-14-10(13)9-12-11-8(15-9)6-7-4-3-5-16-7/h3-5H,2,6H2,1H3. The molecule has 84 valence electrons. The molecule has 0 bridgehead atoms. The number of esters is 1. The van der Waals surface area contributed by atoms with Gasteiger partial charge in [-0.1, -0.05) is 6.07 Å². The van der Waals surface area contributed by atoms with Gasteiger partial charge < -0.3 is 9.15 Å². The number of carbonyl (C=O) groups is 1. The van der Waals surface area contributed by atoms with E-state index in [4.69, 9.17) is 9.15 Å². The Kier molecular flexibility index (Phi) is 3.31. The molecule has 0 N–H and O–H groups in total. The van der Waals surface area contributed by atoms with E-state index < -0.39 is 5.97 Å². The van der Waals surface area contributed by atoms with Crippen molar-refractivity contribution in [3.05, 3.63) is 34.2 Å². The maximum absolute atomic E-state index is 11.2. The number of rotatable bonds is 4. The molecule has 2 aromatic heterocycles. The lowest BCUT2D eigenvalue weighted by Gasteiger charge is -1.94. The minimum atomic E-state index is -0.576. The molecule has 0 spiro atoms. The van der Waals surface area contributed by atoms with Crippen LogP contribution in [0.4, 0.5) is 0 Å². The Hall–Kier alpha value is -1.69. The highest BCUT2D eigenvalue weighted by molar-refractivity contribution is 7.09. The first-order valence-corrected chi connectivity index (χ1v) is 5.69. The van der Waals surface area contributed by atoms with Crippen molar-refractivity contribution >= 4 is 17.3 Å². The van der Waals surface area contributed by atoms with E-state index in [1.807, 2.05) is 17.5 Å². The smallest absolute Gasteiger partial charge is 0.396 e. The monoisotopic (exact) mass is 238 g/mol. The first-order chi connectivity index (χ1) is 7.79. The summed E-state index contributed by atoms with van der Waals surface area (Å²) in [5.74, 6) is -0.244. The van der Waals surface area contributed by atoms with Gasteiger partial charge in [-0.25, -0.2) is 4.79 Å². The zero-order valence-electron chi connectivity index (χ0n) is 8.67. The predicted octanol–water partition coefficient (Wildman–Crippen LogP) is 1.90. The highest BCUT2D eigenvalue weighted by atomic mass is 32.1. The van der Waals surface area contributed by atoms with Crippen LogP contribution < -0.4 is 0 Å². The van der Waals surface area contributed by atoms with Crippen LogP contribution in [0.25, 0.3) is 0 Å². The fraction of sp³-hybridized carbons (Fsp3) is 0.300. The highest BCUT2D eigenvalue weighted by Crippen LogP contribution is 2.14. The molecule has 0 radical (unpaired) electrons. The average Bonchev–Trinajstić information content (AvgIpc) is 2.90. The first-order valence-electron chi connectivity index (χ1n) is 4.81. The van der Waals surface area contributed by atoms with E-state index in [0.29, 0.717) is 18.9 Å². The van der Waals surface area contributed by atoms with Gasteiger partial charge in [0.05, 0.1) is 13.0 Å². The third-order valence-electron chi connectivity index (χ3n) is 1.82. The molecule has 0 amide bonds.